The van der Waals surface area contributed by atoms with Gasteiger partial charge in [-0.2, -0.15) is 0 Å². The average molecular weight is 389 g/mol. The van der Waals surface area contributed by atoms with E-state index in [1.54, 1.807) is 7.11 Å². The van der Waals surface area contributed by atoms with Gasteiger partial charge in [-0.15, -0.1) is 0 Å². The highest BCUT2D eigenvalue weighted by Crippen LogP contribution is 2.29. The van der Waals surface area contributed by atoms with Crippen molar-refractivity contribution in [1.29, 1.82) is 0 Å². The first-order valence-electron chi connectivity index (χ1n) is 8.09. The van der Waals surface area contributed by atoms with Crippen LogP contribution < -0.4 is 9.64 Å². The van der Waals surface area contributed by atoms with Crippen LogP contribution in [0.25, 0.3) is 0 Å². The Morgan fingerprint density at radius 1 is 1.21 bits per heavy atom. The molecule has 3 rings (SSSR count). The van der Waals surface area contributed by atoms with Gasteiger partial charge in [-0.25, -0.2) is 4.79 Å². The Morgan fingerprint density at radius 3 is 2.62 bits per heavy atom. The number of methoxy groups -OCH3 is 1. The first-order chi connectivity index (χ1) is 11.6. The van der Waals surface area contributed by atoms with Gasteiger partial charge in [0.25, 0.3) is 0 Å². The molecule has 0 spiro atoms. The van der Waals surface area contributed by atoms with Crippen LogP contribution in [0.15, 0.2) is 53.0 Å². The molecule has 1 heterocycles. The van der Waals surface area contributed by atoms with Crippen LogP contribution in [-0.4, -0.2) is 30.6 Å². The Bertz CT molecular complexity index is 718. The fourth-order valence-electron chi connectivity index (χ4n) is 3.08. The number of hydrogen-bond acceptors (Lipinski definition) is 2. The summed E-state index contributed by atoms with van der Waals surface area (Å²) in [6.07, 6.45) is 0.927. The van der Waals surface area contributed by atoms with Gasteiger partial charge in [0, 0.05) is 23.2 Å². The van der Waals surface area contributed by atoms with Crippen LogP contribution in [0, 0.1) is 0 Å². The summed E-state index contributed by atoms with van der Waals surface area (Å²) in [4.78, 5) is 16.7. The quantitative estimate of drug-likeness (QED) is 0.744. The Morgan fingerprint density at radius 2 is 1.96 bits per heavy atom. The van der Waals surface area contributed by atoms with E-state index in [0.29, 0.717) is 6.54 Å². The second kappa shape index (κ2) is 7.26. The second-order valence-electron chi connectivity index (χ2n) is 5.92. The summed E-state index contributed by atoms with van der Waals surface area (Å²) in [5.41, 5.74) is 2.03. The summed E-state index contributed by atoms with van der Waals surface area (Å²) >= 11 is 3.45. The van der Waals surface area contributed by atoms with Crippen LogP contribution in [0.5, 0.6) is 5.75 Å². The lowest BCUT2D eigenvalue weighted by Gasteiger charge is -2.22. The minimum atomic E-state index is 0.0620. The summed E-state index contributed by atoms with van der Waals surface area (Å²) in [5, 5.41) is 0. The molecule has 5 heteroatoms. The van der Waals surface area contributed by atoms with Crippen molar-refractivity contribution in [1.82, 2.24) is 4.90 Å². The highest BCUT2D eigenvalue weighted by atomic mass is 79.9. The number of anilines is 1. The summed E-state index contributed by atoms with van der Waals surface area (Å²) in [7, 11) is 1.66. The maximum atomic E-state index is 12.9. The fourth-order valence-corrected chi connectivity index (χ4v) is 3.35. The number of benzene rings is 2. The number of carbonyl (C=O) groups excluding carboxylic acids is 1. The number of amides is 2. The summed E-state index contributed by atoms with van der Waals surface area (Å²) in [6.45, 7) is 3.46. The van der Waals surface area contributed by atoms with Crippen molar-refractivity contribution in [3.05, 3.63) is 58.6 Å². The van der Waals surface area contributed by atoms with Gasteiger partial charge in [0.15, 0.2) is 0 Å². The van der Waals surface area contributed by atoms with Gasteiger partial charge in [-0.05, 0) is 48.4 Å². The van der Waals surface area contributed by atoms with Gasteiger partial charge in [-0.1, -0.05) is 35.0 Å². The maximum absolute atomic E-state index is 12.9. The zero-order valence-electron chi connectivity index (χ0n) is 13.9. The standard InChI is InChI=1S/C19H21BrN2O2/c1-3-16-13-21(12-14-5-4-6-18(11-14)24-2)19(23)22(16)17-9-7-15(20)8-10-17/h4-11,16H,3,12-13H2,1-2H3. The van der Waals surface area contributed by atoms with Crippen LogP contribution >= 0.6 is 15.9 Å². The number of ether oxygens (including phenoxy) is 1. The zero-order chi connectivity index (χ0) is 17.1. The van der Waals surface area contributed by atoms with E-state index < -0.39 is 0 Å². The van der Waals surface area contributed by atoms with E-state index in [1.807, 2.05) is 58.3 Å². The number of carbonyl (C=O) groups is 1. The molecule has 4 nitrogen and oxygen atoms in total. The first-order valence-corrected chi connectivity index (χ1v) is 8.88. The molecule has 1 aliphatic rings. The zero-order valence-corrected chi connectivity index (χ0v) is 15.5. The number of halogens is 1. The van der Waals surface area contributed by atoms with Crippen molar-refractivity contribution in [2.24, 2.45) is 0 Å². The molecule has 0 bridgehead atoms. The van der Waals surface area contributed by atoms with Crippen LogP contribution in [0.3, 0.4) is 0 Å². The van der Waals surface area contributed by atoms with Gasteiger partial charge >= 0.3 is 6.03 Å². The van der Waals surface area contributed by atoms with Crippen molar-refractivity contribution in [3.63, 3.8) is 0 Å². The van der Waals surface area contributed by atoms with Gasteiger partial charge in [0.05, 0.1) is 13.2 Å². The SMILES string of the molecule is CCC1CN(Cc2cccc(OC)c2)C(=O)N1c1ccc(Br)cc1. The van der Waals surface area contributed by atoms with Gasteiger partial charge < -0.3 is 9.64 Å². The Balaban J connectivity index is 1.81. The first kappa shape index (κ1) is 16.8. The van der Waals surface area contributed by atoms with E-state index in [1.165, 1.54) is 0 Å². The van der Waals surface area contributed by atoms with E-state index in [4.69, 9.17) is 4.74 Å². The molecule has 1 atom stereocenters. The topological polar surface area (TPSA) is 32.8 Å². The monoisotopic (exact) mass is 388 g/mol. The van der Waals surface area contributed by atoms with Crippen molar-refractivity contribution < 1.29 is 9.53 Å². The molecule has 1 aliphatic heterocycles. The van der Waals surface area contributed by atoms with Crippen molar-refractivity contribution >= 4 is 27.6 Å². The number of nitrogens with zero attached hydrogens (tertiary/aromatic N) is 2. The summed E-state index contributed by atoms with van der Waals surface area (Å²) < 4.78 is 6.28. The fraction of sp³-hybridized carbons (Fsp3) is 0.316. The van der Waals surface area contributed by atoms with Crippen molar-refractivity contribution in [3.8, 4) is 5.75 Å². The lowest BCUT2D eigenvalue weighted by molar-refractivity contribution is 0.218. The average Bonchev–Trinajstić information content (AvgIpc) is 2.92. The Hall–Kier alpha value is -2.01. The van der Waals surface area contributed by atoms with Crippen molar-refractivity contribution in [2.75, 3.05) is 18.6 Å². The summed E-state index contributed by atoms with van der Waals surface area (Å²) in [5.74, 6) is 0.816. The van der Waals surface area contributed by atoms with E-state index in [-0.39, 0.29) is 12.1 Å². The highest BCUT2D eigenvalue weighted by Gasteiger charge is 2.37. The predicted octanol–water partition coefficient (Wildman–Crippen LogP) is 4.68. The normalized spacial score (nSPS) is 17.5. The van der Waals surface area contributed by atoms with Crippen molar-refractivity contribution in [2.45, 2.75) is 25.9 Å². The predicted molar refractivity (Wildman–Crippen MR) is 99.5 cm³/mol. The van der Waals surface area contributed by atoms with Crippen LogP contribution in [-0.2, 0) is 6.54 Å². The lowest BCUT2D eigenvalue weighted by Crippen LogP contribution is -2.34. The molecule has 24 heavy (non-hydrogen) atoms. The van der Waals surface area contributed by atoms with Crippen LogP contribution in [0.4, 0.5) is 10.5 Å². The van der Waals surface area contributed by atoms with Crippen LogP contribution in [0.1, 0.15) is 18.9 Å². The number of rotatable bonds is 5. The molecular formula is C19H21BrN2O2. The minimum absolute atomic E-state index is 0.0620. The van der Waals surface area contributed by atoms with E-state index in [2.05, 4.69) is 22.9 Å². The largest absolute Gasteiger partial charge is 0.497 e. The molecule has 0 N–H and O–H groups in total. The third kappa shape index (κ3) is 3.41. The molecule has 126 valence electrons. The molecule has 0 aromatic heterocycles. The third-order valence-corrected chi connectivity index (χ3v) is 4.89. The molecular weight excluding hydrogens is 368 g/mol. The molecule has 2 aromatic carbocycles. The molecule has 0 aliphatic carbocycles. The third-order valence-electron chi connectivity index (χ3n) is 4.36. The smallest absolute Gasteiger partial charge is 0.325 e. The Labute approximate surface area is 151 Å². The molecule has 2 amide bonds. The van der Waals surface area contributed by atoms with E-state index in [9.17, 15) is 4.79 Å². The lowest BCUT2D eigenvalue weighted by atomic mass is 10.2. The van der Waals surface area contributed by atoms with Gasteiger partial charge in [-0.3, -0.25) is 4.90 Å². The molecule has 0 saturated carbocycles. The molecule has 1 fully saturated rings. The molecule has 0 radical (unpaired) electrons. The number of urea groups is 1. The van der Waals surface area contributed by atoms with Crippen LogP contribution in [0.2, 0.25) is 0 Å². The van der Waals surface area contributed by atoms with E-state index in [0.717, 1.165) is 34.4 Å². The minimum Gasteiger partial charge on any atom is -0.497 e. The second-order valence-corrected chi connectivity index (χ2v) is 6.84. The maximum Gasteiger partial charge on any atom is 0.325 e. The van der Waals surface area contributed by atoms with Gasteiger partial charge in [0.2, 0.25) is 0 Å². The Kier molecular flexibility index (Phi) is 5.09. The highest BCUT2D eigenvalue weighted by molar-refractivity contribution is 9.10. The summed E-state index contributed by atoms with van der Waals surface area (Å²) in [6, 6.07) is 16.1. The van der Waals surface area contributed by atoms with Gasteiger partial charge in [0.1, 0.15) is 5.75 Å². The molecule has 1 unspecified atom stereocenters. The molecule has 1 saturated heterocycles. The molecule has 2 aromatic rings. The van der Waals surface area contributed by atoms with E-state index >= 15 is 0 Å². The number of hydrogen-bond donors (Lipinski definition) is 0.